The molecule has 1 aliphatic rings. The second-order valence-corrected chi connectivity index (χ2v) is 10.6. The lowest BCUT2D eigenvalue weighted by Crippen LogP contribution is -2.27. The highest BCUT2D eigenvalue weighted by molar-refractivity contribution is 7.21. The van der Waals surface area contributed by atoms with E-state index in [1.807, 2.05) is 64.1 Å². The third-order valence-corrected chi connectivity index (χ3v) is 6.79. The standard InChI is InChI=1S/C26H26ClNO3S/c1-14-13-19-24(32-25(28-19)22(30)17-7-6-8-17)21(16-9-11-18(27)12-10-16)20(14)23(15(2)29)31-26(3,4)5/h7,9-13,23H,6,8H2,1-5H3/t23-/m1/s1. The maximum Gasteiger partial charge on any atom is 0.217 e. The average Bonchev–Trinajstić information content (AvgIpc) is 3.07. The van der Waals surface area contributed by atoms with E-state index in [4.69, 9.17) is 16.3 Å². The fraction of sp³-hybridized carbons (Fsp3) is 0.346. The number of aryl methyl sites for hydroxylation is 1. The number of fused-ring (bicyclic) bond motifs is 1. The number of rotatable bonds is 6. The molecule has 32 heavy (non-hydrogen) atoms. The van der Waals surface area contributed by atoms with Gasteiger partial charge in [-0.1, -0.05) is 29.8 Å². The van der Waals surface area contributed by atoms with Crippen LogP contribution in [0.3, 0.4) is 0 Å². The summed E-state index contributed by atoms with van der Waals surface area (Å²) in [7, 11) is 0. The van der Waals surface area contributed by atoms with Crippen molar-refractivity contribution in [3.05, 3.63) is 63.1 Å². The molecular weight excluding hydrogens is 442 g/mol. The lowest BCUT2D eigenvalue weighted by molar-refractivity contribution is -0.138. The first-order chi connectivity index (χ1) is 15.0. The topological polar surface area (TPSA) is 56.3 Å². The number of ketones is 2. The van der Waals surface area contributed by atoms with E-state index in [0.717, 1.165) is 50.9 Å². The summed E-state index contributed by atoms with van der Waals surface area (Å²) in [6.07, 6.45) is 2.97. The normalized spacial score (nSPS) is 14.8. The molecule has 0 spiro atoms. The number of benzene rings is 2. The monoisotopic (exact) mass is 467 g/mol. The Morgan fingerprint density at radius 1 is 1.19 bits per heavy atom. The Labute approximate surface area is 197 Å². The molecule has 0 saturated carbocycles. The zero-order chi connectivity index (χ0) is 23.2. The van der Waals surface area contributed by atoms with Gasteiger partial charge in [0.1, 0.15) is 6.10 Å². The first-order valence-electron chi connectivity index (χ1n) is 10.7. The number of carbonyl (C=O) groups is 2. The number of ether oxygens (including phenoxy) is 1. The number of aromatic nitrogens is 1. The SMILES string of the molecule is CC(=O)[C@@H](OC(C)(C)C)c1c(C)cc2nc(C(=O)C3=CCC3)sc2c1-c1ccc(Cl)cc1. The van der Waals surface area contributed by atoms with E-state index < -0.39 is 11.7 Å². The summed E-state index contributed by atoms with van der Waals surface area (Å²) in [4.78, 5) is 30.3. The van der Waals surface area contributed by atoms with Crippen LogP contribution in [-0.4, -0.2) is 22.2 Å². The summed E-state index contributed by atoms with van der Waals surface area (Å²) in [5, 5.41) is 1.11. The third kappa shape index (κ3) is 4.42. The lowest BCUT2D eigenvalue weighted by Gasteiger charge is -2.29. The van der Waals surface area contributed by atoms with Gasteiger partial charge in [0.05, 0.1) is 15.8 Å². The molecule has 0 amide bonds. The molecule has 1 aliphatic carbocycles. The number of hydrogen-bond donors (Lipinski definition) is 0. The molecular formula is C26H26ClNO3S. The van der Waals surface area contributed by atoms with E-state index in [1.54, 1.807) is 6.92 Å². The molecule has 3 aromatic rings. The van der Waals surface area contributed by atoms with Crippen LogP contribution in [0.1, 0.15) is 67.6 Å². The quantitative estimate of drug-likeness (QED) is 0.357. The zero-order valence-electron chi connectivity index (χ0n) is 18.9. The van der Waals surface area contributed by atoms with Crippen LogP contribution in [0.2, 0.25) is 5.02 Å². The molecule has 0 saturated heterocycles. The molecule has 0 unspecified atom stereocenters. The average molecular weight is 468 g/mol. The Balaban J connectivity index is 2.00. The van der Waals surface area contributed by atoms with E-state index in [1.165, 1.54) is 11.3 Å². The van der Waals surface area contributed by atoms with Gasteiger partial charge in [-0.25, -0.2) is 4.98 Å². The fourth-order valence-electron chi connectivity index (χ4n) is 3.88. The third-order valence-electron chi connectivity index (χ3n) is 5.45. The van der Waals surface area contributed by atoms with E-state index in [2.05, 4.69) is 4.98 Å². The summed E-state index contributed by atoms with van der Waals surface area (Å²) in [6.45, 7) is 9.33. The number of thiazole rings is 1. The highest BCUT2D eigenvalue weighted by Gasteiger charge is 2.31. The largest absolute Gasteiger partial charge is 0.360 e. The molecule has 1 heterocycles. The number of nitrogens with zero attached hydrogens (tertiary/aromatic N) is 1. The molecule has 166 valence electrons. The molecule has 0 radical (unpaired) electrons. The maximum atomic E-state index is 12.9. The van der Waals surface area contributed by atoms with Crippen molar-refractivity contribution in [2.45, 2.75) is 59.2 Å². The van der Waals surface area contributed by atoms with E-state index >= 15 is 0 Å². The summed E-state index contributed by atoms with van der Waals surface area (Å²) in [6, 6.07) is 9.48. The second kappa shape index (κ2) is 8.54. The molecule has 4 rings (SSSR count). The minimum absolute atomic E-state index is 0.00670. The van der Waals surface area contributed by atoms with E-state index in [9.17, 15) is 9.59 Å². The van der Waals surface area contributed by atoms with Crippen LogP contribution >= 0.6 is 22.9 Å². The predicted octanol–water partition coefficient (Wildman–Crippen LogP) is 7.27. The van der Waals surface area contributed by atoms with Crippen LogP contribution in [0.15, 0.2) is 42.0 Å². The van der Waals surface area contributed by atoms with E-state index in [-0.39, 0.29) is 11.6 Å². The molecule has 1 aromatic heterocycles. The first kappa shape index (κ1) is 22.8. The Morgan fingerprint density at radius 2 is 1.84 bits per heavy atom. The second-order valence-electron chi connectivity index (χ2n) is 9.17. The van der Waals surface area contributed by atoms with Gasteiger partial charge in [0.25, 0.3) is 0 Å². The van der Waals surface area contributed by atoms with Crippen LogP contribution in [0.4, 0.5) is 0 Å². The molecule has 4 nitrogen and oxygen atoms in total. The van der Waals surface area contributed by atoms with Crippen molar-refractivity contribution in [1.82, 2.24) is 4.98 Å². The van der Waals surface area contributed by atoms with Crippen molar-refractivity contribution in [2.75, 3.05) is 0 Å². The summed E-state index contributed by atoms with van der Waals surface area (Å²) >= 11 is 7.53. The molecule has 0 aliphatic heterocycles. The summed E-state index contributed by atoms with van der Waals surface area (Å²) in [5.74, 6) is -0.0780. The van der Waals surface area contributed by atoms with Crippen molar-refractivity contribution in [3.8, 4) is 11.1 Å². The summed E-state index contributed by atoms with van der Waals surface area (Å²) in [5.41, 5.74) is 4.56. The Kier molecular flexibility index (Phi) is 6.10. The highest BCUT2D eigenvalue weighted by atomic mass is 35.5. The van der Waals surface area contributed by atoms with Gasteiger partial charge in [0.2, 0.25) is 5.78 Å². The predicted molar refractivity (Wildman–Crippen MR) is 131 cm³/mol. The van der Waals surface area contributed by atoms with Gasteiger partial charge < -0.3 is 4.74 Å². The van der Waals surface area contributed by atoms with Gasteiger partial charge in [-0.3, -0.25) is 9.59 Å². The molecule has 1 atom stereocenters. The zero-order valence-corrected chi connectivity index (χ0v) is 20.5. The summed E-state index contributed by atoms with van der Waals surface area (Å²) < 4.78 is 7.13. The van der Waals surface area contributed by atoms with Crippen molar-refractivity contribution >= 4 is 44.7 Å². The Hall–Kier alpha value is -2.34. The lowest BCUT2D eigenvalue weighted by atomic mass is 9.90. The van der Waals surface area contributed by atoms with Crippen LogP contribution < -0.4 is 0 Å². The Bertz CT molecular complexity index is 1250. The van der Waals surface area contributed by atoms with Crippen molar-refractivity contribution < 1.29 is 14.3 Å². The van der Waals surface area contributed by atoms with Gasteiger partial charge in [0, 0.05) is 16.1 Å². The minimum Gasteiger partial charge on any atom is -0.360 e. The van der Waals surface area contributed by atoms with Crippen LogP contribution in [0.25, 0.3) is 21.3 Å². The molecule has 0 bridgehead atoms. The van der Waals surface area contributed by atoms with Crippen molar-refractivity contribution in [3.63, 3.8) is 0 Å². The van der Waals surface area contributed by atoms with Crippen molar-refractivity contribution in [1.29, 1.82) is 0 Å². The fourth-order valence-corrected chi connectivity index (χ4v) is 5.11. The van der Waals surface area contributed by atoms with Gasteiger partial charge in [-0.2, -0.15) is 0 Å². The van der Waals surface area contributed by atoms with Crippen LogP contribution in [0, 0.1) is 6.92 Å². The van der Waals surface area contributed by atoms with Gasteiger partial charge in [-0.05, 0) is 82.4 Å². The number of Topliss-reactive ketones (excluding diaryl/α,β-unsaturated/α-hetero) is 2. The number of carbonyl (C=O) groups excluding carboxylic acids is 2. The number of allylic oxidation sites excluding steroid dienone is 2. The van der Waals surface area contributed by atoms with Gasteiger partial charge in [0.15, 0.2) is 10.8 Å². The smallest absolute Gasteiger partial charge is 0.217 e. The maximum absolute atomic E-state index is 12.9. The Morgan fingerprint density at radius 3 is 2.38 bits per heavy atom. The van der Waals surface area contributed by atoms with Gasteiger partial charge in [-0.15, -0.1) is 11.3 Å². The first-order valence-corrected chi connectivity index (χ1v) is 11.9. The number of halogens is 1. The molecule has 0 N–H and O–H groups in total. The molecule has 0 fully saturated rings. The highest BCUT2D eigenvalue weighted by Crippen LogP contribution is 2.43. The van der Waals surface area contributed by atoms with Crippen molar-refractivity contribution in [2.24, 2.45) is 0 Å². The molecule has 6 heteroatoms. The molecule has 2 aromatic carbocycles. The van der Waals surface area contributed by atoms with E-state index in [0.29, 0.717) is 10.0 Å². The van der Waals surface area contributed by atoms with Gasteiger partial charge >= 0.3 is 0 Å². The van der Waals surface area contributed by atoms with Crippen LogP contribution in [-0.2, 0) is 9.53 Å². The van der Waals surface area contributed by atoms with Crippen LogP contribution in [0.5, 0.6) is 0 Å². The minimum atomic E-state index is -0.735. The number of hydrogen-bond acceptors (Lipinski definition) is 5.